The summed E-state index contributed by atoms with van der Waals surface area (Å²) in [6.07, 6.45) is 13.4. The topological polar surface area (TPSA) is 74.5 Å². The smallest absolute Gasteiger partial charge is 0.0840 e. The van der Waals surface area contributed by atoms with Crippen LogP contribution >= 0.6 is 0 Å². The van der Waals surface area contributed by atoms with Gasteiger partial charge in [0.1, 0.15) is 0 Å². The number of rotatable bonds is 8. The lowest BCUT2D eigenvalue weighted by atomic mass is 9.89. The molecular formula is C32H34N4. The largest absolute Gasteiger partial charge is 0.361 e. The summed E-state index contributed by atoms with van der Waals surface area (Å²) in [4.78, 5) is 7.93. The SMILES string of the molecule is CCc1ccc2[nH]cc(CCCC(=N)c3cc(C4NC4c4ccc5c(c4)CC(C)C=C5)ccn3)c2c1. The average molecular weight is 475 g/mol. The molecule has 4 nitrogen and oxygen atoms in total. The Hall–Kier alpha value is -3.50. The van der Waals surface area contributed by atoms with Gasteiger partial charge in [-0.05, 0) is 95.7 Å². The maximum absolute atomic E-state index is 8.68. The number of nitrogens with zero attached hydrogens (tertiary/aromatic N) is 1. The number of hydrogen-bond donors (Lipinski definition) is 3. The molecule has 0 spiro atoms. The zero-order chi connectivity index (χ0) is 24.6. The number of pyridine rings is 1. The van der Waals surface area contributed by atoms with Crippen LogP contribution in [0.3, 0.4) is 0 Å². The lowest BCUT2D eigenvalue weighted by molar-refractivity contribution is 0.716. The number of benzene rings is 2. The molecule has 2 aromatic carbocycles. The van der Waals surface area contributed by atoms with Gasteiger partial charge >= 0.3 is 0 Å². The highest BCUT2D eigenvalue weighted by Gasteiger charge is 2.39. The first kappa shape index (κ1) is 22.9. The first-order valence-electron chi connectivity index (χ1n) is 13.3. The van der Waals surface area contributed by atoms with Gasteiger partial charge in [-0.1, -0.05) is 50.3 Å². The van der Waals surface area contributed by atoms with Gasteiger partial charge in [0.15, 0.2) is 0 Å². The lowest BCUT2D eigenvalue weighted by Crippen LogP contribution is -2.04. The van der Waals surface area contributed by atoms with E-state index in [1.165, 1.54) is 44.3 Å². The van der Waals surface area contributed by atoms with Crippen molar-refractivity contribution in [1.82, 2.24) is 15.3 Å². The summed E-state index contributed by atoms with van der Waals surface area (Å²) in [5.41, 5.74) is 10.7. The van der Waals surface area contributed by atoms with Crippen molar-refractivity contribution >= 4 is 22.7 Å². The molecule has 0 amide bonds. The summed E-state index contributed by atoms with van der Waals surface area (Å²) in [5, 5.41) is 13.7. The van der Waals surface area contributed by atoms with Crippen LogP contribution in [0.2, 0.25) is 0 Å². The van der Waals surface area contributed by atoms with Crippen molar-refractivity contribution in [2.45, 2.75) is 58.0 Å². The minimum atomic E-state index is 0.299. The fraction of sp³-hybridized carbons (Fsp3) is 0.312. The first-order valence-corrected chi connectivity index (χ1v) is 13.3. The maximum atomic E-state index is 8.68. The van der Waals surface area contributed by atoms with Crippen molar-refractivity contribution < 1.29 is 0 Å². The number of aromatic nitrogens is 2. The predicted molar refractivity (Wildman–Crippen MR) is 149 cm³/mol. The van der Waals surface area contributed by atoms with Crippen LogP contribution in [-0.2, 0) is 19.3 Å². The summed E-state index contributed by atoms with van der Waals surface area (Å²) < 4.78 is 0. The fourth-order valence-corrected chi connectivity index (χ4v) is 5.60. The molecule has 1 aliphatic carbocycles. The molecule has 1 fully saturated rings. The Morgan fingerprint density at radius 1 is 1.06 bits per heavy atom. The van der Waals surface area contributed by atoms with E-state index in [4.69, 9.17) is 5.41 Å². The van der Waals surface area contributed by atoms with E-state index < -0.39 is 0 Å². The maximum Gasteiger partial charge on any atom is 0.0840 e. The van der Waals surface area contributed by atoms with Gasteiger partial charge in [0, 0.05) is 23.3 Å². The lowest BCUT2D eigenvalue weighted by Gasteiger charge is -2.16. The molecule has 0 bridgehead atoms. The van der Waals surface area contributed by atoms with Gasteiger partial charge in [-0.25, -0.2) is 0 Å². The minimum Gasteiger partial charge on any atom is -0.361 e. The molecule has 3 unspecified atom stereocenters. The Bertz CT molecular complexity index is 1460. The van der Waals surface area contributed by atoms with Gasteiger partial charge in [0.05, 0.1) is 23.5 Å². The van der Waals surface area contributed by atoms with Gasteiger partial charge in [-0.15, -0.1) is 0 Å². The Balaban J connectivity index is 1.09. The van der Waals surface area contributed by atoms with Crippen LogP contribution in [0.15, 0.2) is 67.0 Å². The molecule has 1 saturated heterocycles. The molecule has 36 heavy (non-hydrogen) atoms. The third kappa shape index (κ3) is 4.54. The third-order valence-electron chi connectivity index (χ3n) is 7.82. The number of nitrogens with one attached hydrogen (secondary N) is 3. The van der Waals surface area contributed by atoms with Crippen LogP contribution in [0.25, 0.3) is 17.0 Å². The zero-order valence-corrected chi connectivity index (χ0v) is 21.1. The number of aromatic amines is 1. The highest BCUT2D eigenvalue weighted by molar-refractivity contribution is 5.96. The quantitative estimate of drug-likeness (QED) is 0.188. The summed E-state index contributed by atoms with van der Waals surface area (Å²) in [6.45, 7) is 4.47. The standard InChI is InChI=1S/C32H34N4/c1-3-21-8-12-29-27(16-21)25(19-35-29)5-4-6-28(33)30-18-24(13-14-34-30)32-31(36-32)23-11-10-22-9-7-20(2)15-26(22)17-23/h7-14,16-20,31-33,35-36H,3-6,15H2,1-2H3. The van der Waals surface area contributed by atoms with E-state index in [0.29, 0.717) is 23.7 Å². The molecule has 0 saturated carbocycles. The van der Waals surface area contributed by atoms with Crippen LogP contribution in [-0.4, -0.2) is 15.7 Å². The first-order chi connectivity index (χ1) is 17.6. The second-order valence-corrected chi connectivity index (χ2v) is 10.5. The molecule has 6 rings (SSSR count). The Morgan fingerprint density at radius 3 is 2.78 bits per heavy atom. The van der Waals surface area contributed by atoms with Gasteiger partial charge in [0.25, 0.3) is 0 Å². The number of allylic oxidation sites excluding steroid dienone is 1. The van der Waals surface area contributed by atoms with Crippen molar-refractivity contribution in [3.05, 3.63) is 106 Å². The monoisotopic (exact) mass is 474 g/mol. The van der Waals surface area contributed by atoms with E-state index in [9.17, 15) is 0 Å². The molecule has 182 valence electrons. The number of H-pyrrole nitrogens is 1. The van der Waals surface area contributed by atoms with Gasteiger partial charge in [0.2, 0.25) is 0 Å². The van der Waals surface area contributed by atoms with E-state index in [2.05, 4.69) is 96.0 Å². The van der Waals surface area contributed by atoms with Crippen molar-refractivity contribution in [3.63, 3.8) is 0 Å². The number of aryl methyl sites for hydroxylation is 2. The van der Waals surface area contributed by atoms with Crippen molar-refractivity contribution in [3.8, 4) is 0 Å². The van der Waals surface area contributed by atoms with E-state index >= 15 is 0 Å². The minimum absolute atomic E-state index is 0.299. The van der Waals surface area contributed by atoms with Crippen LogP contribution in [0.5, 0.6) is 0 Å². The highest BCUT2D eigenvalue weighted by atomic mass is 15.1. The van der Waals surface area contributed by atoms with Crippen LogP contribution in [0.4, 0.5) is 0 Å². The average Bonchev–Trinajstić information content (AvgIpc) is 3.62. The van der Waals surface area contributed by atoms with E-state index in [0.717, 1.165) is 37.8 Å². The summed E-state index contributed by atoms with van der Waals surface area (Å²) >= 11 is 0. The number of fused-ring (bicyclic) bond motifs is 2. The molecule has 4 heteroatoms. The molecule has 3 heterocycles. The van der Waals surface area contributed by atoms with Crippen LogP contribution in [0, 0.1) is 11.3 Å². The van der Waals surface area contributed by atoms with Gasteiger partial charge < -0.3 is 10.4 Å². The Morgan fingerprint density at radius 2 is 1.92 bits per heavy atom. The Kier molecular flexibility index (Phi) is 6.06. The van der Waals surface area contributed by atoms with Crippen LogP contribution < -0.4 is 5.32 Å². The molecule has 2 aromatic heterocycles. The summed E-state index contributed by atoms with van der Waals surface area (Å²) in [7, 11) is 0. The fourth-order valence-electron chi connectivity index (χ4n) is 5.60. The molecule has 4 aromatic rings. The summed E-state index contributed by atoms with van der Waals surface area (Å²) in [5.74, 6) is 0.606. The van der Waals surface area contributed by atoms with E-state index in [1.807, 2.05) is 6.20 Å². The van der Waals surface area contributed by atoms with Crippen molar-refractivity contribution in [2.24, 2.45) is 5.92 Å². The molecule has 2 aliphatic rings. The second-order valence-electron chi connectivity index (χ2n) is 10.5. The summed E-state index contributed by atoms with van der Waals surface area (Å²) in [6, 6.07) is 18.4. The Labute approximate surface area is 213 Å². The predicted octanol–water partition coefficient (Wildman–Crippen LogP) is 7.11. The molecular weight excluding hydrogens is 440 g/mol. The molecule has 0 radical (unpaired) electrons. The van der Waals surface area contributed by atoms with Crippen molar-refractivity contribution in [1.29, 1.82) is 5.41 Å². The normalized spacial score (nSPS) is 20.4. The van der Waals surface area contributed by atoms with E-state index in [-0.39, 0.29) is 0 Å². The molecule has 1 aliphatic heterocycles. The zero-order valence-electron chi connectivity index (χ0n) is 21.1. The van der Waals surface area contributed by atoms with Gasteiger partial charge in [-0.2, -0.15) is 0 Å². The third-order valence-corrected chi connectivity index (χ3v) is 7.82. The van der Waals surface area contributed by atoms with Crippen LogP contribution in [0.1, 0.15) is 77.8 Å². The highest BCUT2D eigenvalue weighted by Crippen LogP contribution is 2.43. The molecule has 3 N–H and O–H groups in total. The van der Waals surface area contributed by atoms with Crippen molar-refractivity contribution in [2.75, 3.05) is 0 Å². The second kappa shape index (κ2) is 9.51. The molecule has 3 atom stereocenters. The van der Waals surface area contributed by atoms with E-state index in [1.54, 1.807) is 0 Å². The van der Waals surface area contributed by atoms with Gasteiger partial charge in [-0.3, -0.25) is 10.3 Å². The number of hydrogen-bond acceptors (Lipinski definition) is 3.